The third-order valence-corrected chi connectivity index (χ3v) is 3.28. The van der Waals surface area contributed by atoms with E-state index in [1.165, 1.54) is 12.1 Å². The number of aryl methyl sites for hydroxylation is 1. The summed E-state index contributed by atoms with van der Waals surface area (Å²) in [5.41, 5.74) is 1.68. The van der Waals surface area contributed by atoms with Gasteiger partial charge in [0.25, 0.3) is 5.91 Å². The minimum Gasteiger partial charge on any atom is -0.507 e. The number of rotatable bonds is 5. The van der Waals surface area contributed by atoms with Crippen LogP contribution >= 0.6 is 0 Å². The fraction of sp³-hybridized carbons (Fsp3) is 0.176. The molecule has 1 amide bonds. The monoisotopic (exact) mass is 299 g/mol. The molecule has 22 heavy (non-hydrogen) atoms. The highest BCUT2D eigenvalue weighted by molar-refractivity contribution is 5.98. The Morgan fingerprint density at radius 3 is 2.41 bits per heavy atom. The second kappa shape index (κ2) is 6.76. The van der Waals surface area contributed by atoms with E-state index >= 15 is 0 Å². The average molecular weight is 299 g/mol. The van der Waals surface area contributed by atoms with Crippen LogP contribution in [-0.2, 0) is 11.2 Å². The van der Waals surface area contributed by atoms with E-state index in [-0.39, 0.29) is 17.7 Å². The van der Waals surface area contributed by atoms with Gasteiger partial charge < -0.3 is 15.5 Å². The Morgan fingerprint density at radius 2 is 1.82 bits per heavy atom. The molecule has 3 N–H and O–H groups in total. The lowest BCUT2D eigenvalue weighted by Gasteiger charge is -2.15. The van der Waals surface area contributed by atoms with Gasteiger partial charge in [0, 0.05) is 6.42 Å². The van der Waals surface area contributed by atoms with Crippen LogP contribution in [0.5, 0.6) is 5.75 Å². The molecule has 0 aromatic heterocycles. The zero-order valence-corrected chi connectivity index (χ0v) is 12.1. The molecule has 1 atom stereocenters. The number of hydrogen-bond acceptors (Lipinski definition) is 3. The van der Waals surface area contributed by atoms with Crippen molar-refractivity contribution in [3.8, 4) is 5.75 Å². The number of carboxylic acids is 1. The molecule has 0 aliphatic rings. The first-order valence-corrected chi connectivity index (χ1v) is 6.84. The third kappa shape index (κ3) is 3.85. The Labute approximate surface area is 128 Å². The van der Waals surface area contributed by atoms with E-state index in [9.17, 15) is 19.8 Å². The first kappa shape index (κ1) is 15.6. The number of phenols is 1. The van der Waals surface area contributed by atoms with Crippen molar-refractivity contribution in [2.75, 3.05) is 0 Å². The number of carboxylic acid groups (broad SMARTS) is 1. The van der Waals surface area contributed by atoms with E-state index < -0.39 is 17.9 Å². The predicted molar refractivity (Wildman–Crippen MR) is 81.9 cm³/mol. The summed E-state index contributed by atoms with van der Waals surface area (Å²) in [6.45, 7) is 1.79. The van der Waals surface area contributed by atoms with Gasteiger partial charge in [0.2, 0.25) is 0 Å². The second-order valence-electron chi connectivity index (χ2n) is 5.07. The molecule has 0 saturated heterocycles. The van der Waals surface area contributed by atoms with E-state index in [0.29, 0.717) is 0 Å². The maximum atomic E-state index is 12.1. The maximum Gasteiger partial charge on any atom is 0.326 e. The Kier molecular flexibility index (Phi) is 4.78. The van der Waals surface area contributed by atoms with Crippen LogP contribution in [0.4, 0.5) is 0 Å². The van der Waals surface area contributed by atoms with Crippen LogP contribution in [0.2, 0.25) is 0 Å². The lowest BCUT2D eigenvalue weighted by atomic mass is 10.0. The number of nitrogens with one attached hydrogen (secondary N) is 1. The van der Waals surface area contributed by atoms with Crippen molar-refractivity contribution in [3.63, 3.8) is 0 Å². The minimum atomic E-state index is -1.12. The van der Waals surface area contributed by atoms with Crippen LogP contribution < -0.4 is 5.32 Å². The van der Waals surface area contributed by atoms with Crippen LogP contribution in [-0.4, -0.2) is 28.1 Å². The zero-order valence-electron chi connectivity index (χ0n) is 12.1. The highest BCUT2D eigenvalue weighted by Crippen LogP contribution is 2.18. The SMILES string of the molecule is Cc1ccc(C(=O)NC(Cc2ccccc2)C(=O)O)c(O)c1. The molecule has 5 heteroatoms. The molecule has 0 radical (unpaired) electrons. The molecular formula is C17H17NO4. The van der Waals surface area contributed by atoms with Crippen molar-refractivity contribution in [2.24, 2.45) is 0 Å². The highest BCUT2D eigenvalue weighted by Gasteiger charge is 2.22. The van der Waals surface area contributed by atoms with Gasteiger partial charge in [-0.2, -0.15) is 0 Å². The highest BCUT2D eigenvalue weighted by atomic mass is 16.4. The normalized spacial score (nSPS) is 11.7. The average Bonchev–Trinajstić information content (AvgIpc) is 2.47. The van der Waals surface area contributed by atoms with E-state index in [0.717, 1.165) is 11.1 Å². The molecule has 0 spiro atoms. The van der Waals surface area contributed by atoms with Crippen molar-refractivity contribution in [1.82, 2.24) is 5.32 Å². The molecule has 2 aromatic carbocycles. The predicted octanol–water partition coefficient (Wildman–Crippen LogP) is 2.13. The molecule has 0 aliphatic heterocycles. The van der Waals surface area contributed by atoms with Gasteiger partial charge in [-0.3, -0.25) is 4.79 Å². The molecule has 5 nitrogen and oxygen atoms in total. The molecule has 114 valence electrons. The van der Waals surface area contributed by atoms with Gasteiger partial charge in [-0.25, -0.2) is 4.79 Å². The molecule has 0 aliphatic carbocycles. The van der Waals surface area contributed by atoms with Gasteiger partial charge in [0.15, 0.2) is 0 Å². The van der Waals surface area contributed by atoms with Crippen LogP contribution in [0.25, 0.3) is 0 Å². The first-order valence-electron chi connectivity index (χ1n) is 6.84. The summed E-state index contributed by atoms with van der Waals surface area (Å²) in [6.07, 6.45) is 0.175. The van der Waals surface area contributed by atoms with Crippen molar-refractivity contribution >= 4 is 11.9 Å². The molecule has 0 fully saturated rings. The number of carbonyl (C=O) groups excluding carboxylic acids is 1. The minimum absolute atomic E-state index is 0.0601. The van der Waals surface area contributed by atoms with Crippen LogP contribution in [0.15, 0.2) is 48.5 Å². The number of hydrogen-bond donors (Lipinski definition) is 3. The van der Waals surface area contributed by atoms with Crippen LogP contribution in [0.3, 0.4) is 0 Å². The van der Waals surface area contributed by atoms with Gasteiger partial charge in [0.05, 0.1) is 5.56 Å². The van der Waals surface area contributed by atoms with Crippen LogP contribution in [0, 0.1) is 6.92 Å². The van der Waals surface area contributed by atoms with Gasteiger partial charge in [0.1, 0.15) is 11.8 Å². The first-order chi connectivity index (χ1) is 10.5. The summed E-state index contributed by atoms with van der Waals surface area (Å²) in [6, 6.07) is 12.6. The van der Waals surface area contributed by atoms with E-state index in [1.54, 1.807) is 25.1 Å². The van der Waals surface area contributed by atoms with E-state index in [2.05, 4.69) is 5.32 Å². The van der Waals surface area contributed by atoms with Gasteiger partial charge in [-0.05, 0) is 30.2 Å². The summed E-state index contributed by atoms with van der Waals surface area (Å²) >= 11 is 0. The Hall–Kier alpha value is -2.82. The molecule has 0 bridgehead atoms. The van der Waals surface area contributed by atoms with Crippen molar-refractivity contribution < 1.29 is 19.8 Å². The fourth-order valence-electron chi connectivity index (χ4n) is 2.12. The standard InChI is InChI=1S/C17H17NO4/c1-11-7-8-13(15(19)9-11)16(20)18-14(17(21)22)10-12-5-3-2-4-6-12/h2-9,14,19H,10H2,1H3,(H,18,20)(H,21,22). The summed E-state index contributed by atoms with van der Waals surface area (Å²) in [5, 5.41) is 21.5. The molecule has 2 rings (SSSR count). The molecule has 0 saturated carbocycles. The van der Waals surface area contributed by atoms with E-state index in [4.69, 9.17) is 0 Å². The van der Waals surface area contributed by atoms with Gasteiger partial charge in [-0.15, -0.1) is 0 Å². The van der Waals surface area contributed by atoms with Crippen molar-refractivity contribution in [2.45, 2.75) is 19.4 Å². The number of carbonyl (C=O) groups is 2. The summed E-state index contributed by atoms with van der Waals surface area (Å²) in [4.78, 5) is 23.5. The zero-order chi connectivity index (χ0) is 16.1. The summed E-state index contributed by atoms with van der Waals surface area (Å²) in [5.74, 6) is -1.90. The number of aromatic hydroxyl groups is 1. The Bertz CT molecular complexity index is 682. The molecule has 0 heterocycles. The summed E-state index contributed by atoms with van der Waals surface area (Å²) < 4.78 is 0. The Balaban J connectivity index is 2.14. The third-order valence-electron chi connectivity index (χ3n) is 3.28. The van der Waals surface area contributed by atoms with E-state index in [1.807, 2.05) is 18.2 Å². The molecular weight excluding hydrogens is 282 g/mol. The number of phenolic OH excluding ortho intramolecular Hbond substituents is 1. The quantitative estimate of drug-likeness (QED) is 0.789. The second-order valence-corrected chi connectivity index (χ2v) is 5.07. The smallest absolute Gasteiger partial charge is 0.326 e. The number of amides is 1. The fourth-order valence-corrected chi connectivity index (χ4v) is 2.12. The van der Waals surface area contributed by atoms with Crippen molar-refractivity contribution in [3.05, 3.63) is 65.2 Å². The number of aliphatic carboxylic acids is 1. The number of benzene rings is 2. The van der Waals surface area contributed by atoms with Crippen molar-refractivity contribution in [1.29, 1.82) is 0 Å². The molecule has 2 aromatic rings. The lowest BCUT2D eigenvalue weighted by Crippen LogP contribution is -2.42. The van der Waals surface area contributed by atoms with Crippen LogP contribution in [0.1, 0.15) is 21.5 Å². The topological polar surface area (TPSA) is 86.6 Å². The lowest BCUT2D eigenvalue weighted by molar-refractivity contribution is -0.139. The Morgan fingerprint density at radius 1 is 1.14 bits per heavy atom. The van der Waals surface area contributed by atoms with Gasteiger partial charge in [-0.1, -0.05) is 36.4 Å². The largest absolute Gasteiger partial charge is 0.507 e. The summed E-state index contributed by atoms with van der Waals surface area (Å²) in [7, 11) is 0. The van der Waals surface area contributed by atoms with Gasteiger partial charge >= 0.3 is 5.97 Å². The molecule has 1 unspecified atom stereocenters. The maximum absolute atomic E-state index is 12.1.